The van der Waals surface area contributed by atoms with Gasteiger partial charge in [0.25, 0.3) is 0 Å². The van der Waals surface area contributed by atoms with E-state index in [2.05, 4.69) is 37.3 Å². The predicted octanol–water partition coefficient (Wildman–Crippen LogP) is 3.12. The molecule has 1 aromatic rings. The van der Waals surface area contributed by atoms with Crippen molar-refractivity contribution in [3.05, 3.63) is 29.9 Å². The third-order valence-corrected chi connectivity index (χ3v) is 2.12. The number of nitrogens with zero attached hydrogens (tertiary/aromatic N) is 2. The lowest BCUT2D eigenvalue weighted by molar-refractivity contribution is 0.563. The summed E-state index contributed by atoms with van der Waals surface area (Å²) in [5, 5.41) is 0. The highest BCUT2D eigenvalue weighted by Crippen LogP contribution is 2.21. The van der Waals surface area contributed by atoms with Gasteiger partial charge in [0.05, 0.1) is 17.1 Å². The molecule has 76 valence electrons. The Labute approximate surface area is 86.1 Å². The largest absolute Gasteiger partial charge is 0.254 e. The van der Waals surface area contributed by atoms with Crippen LogP contribution < -0.4 is 0 Å². The zero-order valence-electron chi connectivity index (χ0n) is 9.68. The van der Waals surface area contributed by atoms with Gasteiger partial charge in [-0.1, -0.05) is 27.4 Å². The minimum atomic E-state index is 0.0609. The van der Waals surface area contributed by atoms with E-state index >= 15 is 0 Å². The maximum atomic E-state index is 4.54. The molecule has 2 nitrogen and oxygen atoms in total. The van der Waals surface area contributed by atoms with Crippen LogP contribution in [0.4, 0.5) is 0 Å². The van der Waals surface area contributed by atoms with E-state index in [1.165, 1.54) is 0 Å². The van der Waals surface area contributed by atoms with Gasteiger partial charge in [-0.2, -0.15) is 0 Å². The number of rotatable bonds is 1. The second kappa shape index (κ2) is 3.52. The molecule has 0 aliphatic rings. The molecule has 1 heterocycles. The first-order valence-corrected chi connectivity index (χ1v) is 4.82. The lowest BCUT2D eigenvalue weighted by atomic mass is 9.92. The molecule has 0 spiro atoms. The van der Waals surface area contributed by atoms with Crippen LogP contribution in [0.5, 0.6) is 0 Å². The Kier molecular flexibility index (Phi) is 2.74. The van der Waals surface area contributed by atoms with E-state index in [9.17, 15) is 0 Å². The molecule has 0 amide bonds. The van der Waals surface area contributed by atoms with Crippen molar-refractivity contribution in [3.63, 3.8) is 0 Å². The molecule has 0 aromatic carbocycles. The standard InChI is InChI=1S/C12H18N2/c1-8(2)11-9(3)14-10(7-13-11)12(4,5)6/h7H,1H2,2-6H3. The summed E-state index contributed by atoms with van der Waals surface area (Å²) in [5.41, 5.74) is 3.93. The molecule has 0 bridgehead atoms. The van der Waals surface area contributed by atoms with Gasteiger partial charge in [-0.25, -0.2) is 0 Å². The Morgan fingerprint density at radius 2 is 1.93 bits per heavy atom. The first kappa shape index (κ1) is 10.9. The van der Waals surface area contributed by atoms with Gasteiger partial charge < -0.3 is 0 Å². The molecule has 0 radical (unpaired) electrons. The Balaban J connectivity index is 3.20. The highest BCUT2D eigenvalue weighted by atomic mass is 14.8. The molecular formula is C12H18N2. The molecule has 0 aliphatic carbocycles. The van der Waals surface area contributed by atoms with E-state index in [1.54, 1.807) is 0 Å². The average molecular weight is 190 g/mol. The Morgan fingerprint density at radius 1 is 1.36 bits per heavy atom. The van der Waals surface area contributed by atoms with E-state index < -0.39 is 0 Å². The molecule has 2 heteroatoms. The van der Waals surface area contributed by atoms with Crippen molar-refractivity contribution in [2.24, 2.45) is 0 Å². The first-order valence-electron chi connectivity index (χ1n) is 4.82. The van der Waals surface area contributed by atoms with Crippen molar-refractivity contribution in [1.82, 2.24) is 9.97 Å². The van der Waals surface area contributed by atoms with Crippen molar-refractivity contribution in [1.29, 1.82) is 0 Å². The van der Waals surface area contributed by atoms with Crippen LogP contribution in [0.1, 0.15) is 44.8 Å². The summed E-state index contributed by atoms with van der Waals surface area (Å²) in [6.07, 6.45) is 1.84. The number of allylic oxidation sites excluding steroid dienone is 1. The minimum Gasteiger partial charge on any atom is -0.254 e. The highest BCUT2D eigenvalue weighted by molar-refractivity contribution is 5.59. The highest BCUT2D eigenvalue weighted by Gasteiger charge is 2.16. The maximum Gasteiger partial charge on any atom is 0.0865 e. The molecule has 0 N–H and O–H groups in total. The molecule has 0 atom stereocenters. The van der Waals surface area contributed by atoms with Gasteiger partial charge in [-0.05, 0) is 19.4 Å². The summed E-state index contributed by atoms with van der Waals surface area (Å²) in [5.74, 6) is 0. The van der Waals surface area contributed by atoms with Gasteiger partial charge in [-0.3, -0.25) is 9.97 Å². The van der Waals surface area contributed by atoms with E-state index in [4.69, 9.17) is 0 Å². The summed E-state index contributed by atoms with van der Waals surface area (Å²) < 4.78 is 0. The van der Waals surface area contributed by atoms with Crippen molar-refractivity contribution in [2.45, 2.75) is 40.0 Å². The average Bonchev–Trinajstić information content (AvgIpc) is 2.01. The normalized spacial score (nSPS) is 11.5. The smallest absolute Gasteiger partial charge is 0.0865 e. The molecule has 0 unspecified atom stereocenters. The maximum absolute atomic E-state index is 4.54. The third kappa shape index (κ3) is 2.19. The van der Waals surface area contributed by atoms with Gasteiger partial charge >= 0.3 is 0 Å². The Hall–Kier alpha value is -1.18. The minimum absolute atomic E-state index is 0.0609. The summed E-state index contributed by atoms with van der Waals surface area (Å²) in [7, 11) is 0. The van der Waals surface area contributed by atoms with Gasteiger partial charge in [0.15, 0.2) is 0 Å². The van der Waals surface area contributed by atoms with E-state index in [0.29, 0.717) is 0 Å². The van der Waals surface area contributed by atoms with Crippen LogP contribution in [0, 0.1) is 6.92 Å². The number of hydrogen-bond donors (Lipinski definition) is 0. The lowest BCUT2D eigenvalue weighted by Gasteiger charge is -2.18. The molecule has 0 saturated heterocycles. The molecule has 1 rings (SSSR count). The summed E-state index contributed by atoms with van der Waals surface area (Å²) in [6, 6.07) is 0. The molecular weight excluding hydrogens is 172 g/mol. The molecule has 1 aromatic heterocycles. The topological polar surface area (TPSA) is 25.8 Å². The Morgan fingerprint density at radius 3 is 2.29 bits per heavy atom. The van der Waals surface area contributed by atoms with Crippen molar-refractivity contribution in [3.8, 4) is 0 Å². The van der Waals surface area contributed by atoms with Crippen LogP contribution in [0.2, 0.25) is 0 Å². The third-order valence-electron chi connectivity index (χ3n) is 2.12. The fraction of sp³-hybridized carbons (Fsp3) is 0.500. The van der Waals surface area contributed by atoms with Gasteiger partial charge in [0.2, 0.25) is 0 Å². The van der Waals surface area contributed by atoms with E-state index in [-0.39, 0.29) is 5.41 Å². The quantitative estimate of drug-likeness (QED) is 0.680. The molecule has 14 heavy (non-hydrogen) atoms. The van der Waals surface area contributed by atoms with E-state index in [0.717, 1.165) is 22.7 Å². The van der Waals surface area contributed by atoms with Crippen LogP contribution in [-0.4, -0.2) is 9.97 Å². The molecule has 0 fully saturated rings. The summed E-state index contributed by atoms with van der Waals surface area (Å²) in [4.78, 5) is 8.92. The van der Waals surface area contributed by atoms with Crippen molar-refractivity contribution >= 4 is 5.57 Å². The van der Waals surface area contributed by atoms with Gasteiger partial charge in [0.1, 0.15) is 0 Å². The predicted molar refractivity (Wildman–Crippen MR) is 60.2 cm³/mol. The zero-order chi connectivity index (χ0) is 10.9. The van der Waals surface area contributed by atoms with Crippen LogP contribution in [0.3, 0.4) is 0 Å². The fourth-order valence-electron chi connectivity index (χ4n) is 1.26. The lowest BCUT2D eigenvalue weighted by Crippen LogP contribution is -2.15. The summed E-state index contributed by atoms with van der Waals surface area (Å²) >= 11 is 0. The molecule has 0 aliphatic heterocycles. The first-order chi connectivity index (χ1) is 6.32. The van der Waals surface area contributed by atoms with Crippen LogP contribution >= 0.6 is 0 Å². The number of hydrogen-bond acceptors (Lipinski definition) is 2. The molecule has 0 saturated carbocycles. The SMILES string of the molecule is C=C(C)c1ncc(C(C)(C)C)nc1C. The van der Waals surface area contributed by atoms with Crippen molar-refractivity contribution < 1.29 is 0 Å². The van der Waals surface area contributed by atoms with E-state index in [1.807, 2.05) is 20.0 Å². The second-order valence-electron chi connectivity index (χ2n) is 4.72. The fourth-order valence-corrected chi connectivity index (χ4v) is 1.26. The number of aryl methyl sites for hydroxylation is 1. The summed E-state index contributed by atoms with van der Waals surface area (Å²) in [6.45, 7) is 14.2. The van der Waals surface area contributed by atoms with Crippen LogP contribution in [0.25, 0.3) is 5.57 Å². The zero-order valence-corrected chi connectivity index (χ0v) is 9.68. The van der Waals surface area contributed by atoms with Gasteiger partial charge in [-0.15, -0.1) is 0 Å². The van der Waals surface area contributed by atoms with Crippen LogP contribution in [0.15, 0.2) is 12.8 Å². The van der Waals surface area contributed by atoms with Gasteiger partial charge in [0, 0.05) is 11.6 Å². The van der Waals surface area contributed by atoms with Crippen LogP contribution in [-0.2, 0) is 5.41 Å². The monoisotopic (exact) mass is 190 g/mol. The Bertz CT molecular complexity index is 359. The number of aromatic nitrogens is 2. The second-order valence-corrected chi connectivity index (χ2v) is 4.72. The van der Waals surface area contributed by atoms with Crippen molar-refractivity contribution in [2.75, 3.05) is 0 Å².